The van der Waals surface area contributed by atoms with Crippen LogP contribution in [0.5, 0.6) is 5.75 Å². The molecule has 4 atom stereocenters. The molecular formula is C38H48N8O5. The Bertz CT molecular complexity index is 1770. The first-order valence-electron chi connectivity index (χ1n) is 17.5. The van der Waals surface area contributed by atoms with E-state index in [2.05, 4.69) is 50.2 Å². The van der Waals surface area contributed by atoms with Crippen LogP contribution in [-0.2, 0) is 33.8 Å². The van der Waals surface area contributed by atoms with Gasteiger partial charge in [0.15, 0.2) is 5.82 Å². The van der Waals surface area contributed by atoms with E-state index in [1.807, 2.05) is 56.3 Å². The summed E-state index contributed by atoms with van der Waals surface area (Å²) in [4.78, 5) is 62.5. The summed E-state index contributed by atoms with van der Waals surface area (Å²) in [5, 5.41) is 16.5. The lowest BCUT2D eigenvalue weighted by Gasteiger charge is -2.27. The molecule has 0 radical (unpaired) electrons. The number of fused-ring (bicyclic) bond motifs is 14. The number of aryl methyl sites for hydroxylation is 1. The molecule has 0 saturated carbocycles. The number of ether oxygens (including phenoxy) is 1. The molecule has 2 aromatic heterocycles. The van der Waals surface area contributed by atoms with Gasteiger partial charge in [0.2, 0.25) is 17.7 Å². The van der Waals surface area contributed by atoms with Gasteiger partial charge in [-0.05, 0) is 60.6 Å². The fraction of sp³-hybridized carbons (Fsp3) is 0.421. The van der Waals surface area contributed by atoms with Crippen molar-refractivity contribution in [1.82, 2.24) is 41.0 Å². The maximum absolute atomic E-state index is 14.2. The van der Waals surface area contributed by atoms with Gasteiger partial charge >= 0.3 is 0 Å². The highest BCUT2D eigenvalue weighted by Crippen LogP contribution is 2.22. The number of aromatic amines is 1. The highest BCUT2D eigenvalue weighted by molar-refractivity contribution is 5.97. The molecule has 5 N–H and O–H groups in total. The van der Waals surface area contributed by atoms with Crippen LogP contribution in [0.1, 0.15) is 73.4 Å². The summed E-state index contributed by atoms with van der Waals surface area (Å²) < 4.78 is 7.64. The molecular weight excluding hydrogens is 648 g/mol. The molecule has 0 saturated heterocycles. The fourth-order valence-corrected chi connectivity index (χ4v) is 6.15. The molecule has 0 unspecified atom stereocenters. The van der Waals surface area contributed by atoms with E-state index in [9.17, 15) is 19.2 Å². The van der Waals surface area contributed by atoms with Crippen molar-refractivity contribution in [2.75, 3.05) is 6.61 Å². The van der Waals surface area contributed by atoms with E-state index in [4.69, 9.17) is 4.74 Å². The van der Waals surface area contributed by atoms with Crippen LogP contribution in [0.4, 0.5) is 0 Å². The summed E-state index contributed by atoms with van der Waals surface area (Å²) in [5.74, 6) is -0.0387. The number of hydrogen-bond acceptors (Lipinski definition) is 7. The van der Waals surface area contributed by atoms with Gasteiger partial charge in [-0.15, -0.1) is 0 Å². The number of carbonyl (C=O) groups is 4. The van der Waals surface area contributed by atoms with Gasteiger partial charge in [-0.25, -0.2) is 9.67 Å². The van der Waals surface area contributed by atoms with Crippen molar-refractivity contribution >= 4 is 23.6 Å². The Hall–Kier alpha value is -5.46. The molecule has 4 aromatic rings. The minimum Gasteiger partial charge on any atom is -0.491 e. The summed E-state index contributed by atoms with van der Waals surface area (Å²) in [7, 11) is 0. The summed E-state index contributed by atoms with van der Waals surface area (Å²) in [5.41, 5.74) is 1.91. The highest BCUT2D eigenvalue weighted by atomic mass is 16.5. The number of aromatic nitrogens is 4. The van der Waals surface area contributed by atoms with Crippen LogP contribution in [-0.4, -0.2) is 68.1 Å². The molecule has 4 amide bonds. The predicted molar refractivity (Wildman–Crippen MR) is 192 cm³/mol. The predicted octanol–water partition coefficient (Wildman–Crippen LogP) is 3.42. The van der Waals surface area contributed by atoms with Crippen molar-refractivity contribution in [1.29, 1.82) is 0 Å². The molecule has 6 rings (SSSR count). The zero-order valence-corrected chi connectivity index (χ0v) is 29.8. The van der Waals surface area contributed by atoms with Crippen LogP contribution in [0, 0.1) is 18.8 Å². The van der Waals surface area contributed by atoms with E-state index < -0.39 is 35.8 Å². The largest absolute Gasteiger partial charge is 0.491 e. The van der Waals surface area contributed by atoms with Crippen LogP contribution in [0.2, 0.25) is 0 Å². The first-order chi connectivity index (χ1) is 24.4. The number of carbonyl (C=O) groups excluding carboxylic acids is 4. The van der Waals surface area contributed by atoms with Gasteiger partial charge in [0.1, 0.15) is 42.5 Å². The molecule has 0 spiro atoms. The Kier molecular flexibility index (Phi) is 12.2. The number of rotatable bonds is 7. The highest BCUT2D eigenvalue weighted by Gasteiger charge is 2.32. The Balaban J connectivity index is 1.53. The topological polar surface area (TPSA) is 172 Å². The third-order valence-corrected chi connectivity index (χ3v) is 8.66. The van der Waals surface area contributed by atoms with Gasteiger partial charge in [-0.3, -0.25) is 19.2 Å². The van der Waals surface area contributed by atoms with E-state index in [0.717, 1.165) is 11.1 Å². The second-order valence-corrected chi connectivity index (χ2v) is 13.8. The zero-order valence-electron chi connectivity index (χ0n) is 29.8. The first kappa shape index (κ1) is 36.8. The number of hydrogen-bond donors (Lipinski definition) is 5. The first-order valence-corrected chi connectivity index (χ1v) is 17.5. The van der Waals surface area contributed by atoms with Crippen LogP contribution in [0.25, 0.3) is 0 Å². The van der Waals surface area contributed by atoms with Gasteiger partial charge in [0.25, 0.3) is 5.91 Å². The monoisotopic (exact) mass is 696 g/mol. The molecule has 2 bridgehead atoms. The van der Waals surface area contributed by atoms with Crippen molar-refractivity contribution in [3.05, 3.63) is 101 Å². The van der Waals surface area contributed by atoms with Gasteiger partial charge < -0.3 is 31.0 Å². The SMILES string of the molecule is Cc1nc2n(n1)CC(=O)N[C@@H](CC(C)C)COc1ccc(cc1)C[C@@H](NC(=O)c1ccc[nH]1)C(=O)N[C@@H](Cc1ccccc1)C(=O)N[C@H]2C(C)C. The summed E-state index contributed by atoms with van der Waals surface area (Å²) in [6.45, 7) is 9.92. The van der Waals surface area contributed by atoms with Crippen molar-refractivity contribution in [2.45, 2.75) is 84.6 Å². The van der Waals surface area contributed by atoms with E-state index in [1.54, 1.807) is 37.4 Å². The number of H-pyrrole nitrogens is 1. The van der Waals surface area contributed by atoms with Crippen molar-refractivity contribution < 1.29 is 23.9 Å². The van der Waals surface area contributed by atoms with Crippen LogP contribution < -0.4 is 26.0 Å². The van der Waals surface area contributed by atoms with Gasteiger partial charge in [-0.1, -0.05) is 70.2 Å². The van der Waals surface area contributed by atoms with Gasteiger partial charge in [-0.2, -0.15) is 5.10 Å². The van der Waals surface area contributed by atoms with E-state index >= 15 is 0 Å². The maximum Gasteiger partial charge on any atom is 0.268 e. The molecule has 13 heteroatoms. The summed E-state index contributed by atoms with van der Waals surface area (Å²) >= 11 is 0. The van der Waals surface area contributed by atoms with E-state index in [0.29, 0.717) is 35.4 Å². The number of nitrogens with one attached hydrogen (secondary N) is 5. The van der Waals surface area contributed by atoms with Crippen molar-refractivity contribution in [3.63, 3.8) is 0 Å². The Morgan fingerprint density at radius 3 is 2.35 bits per heavy atom. The quantitative estimate of drug-likeness (QED) is 0.197. The lowest BCUT2D eigenvalue weighted by molar-refractivity contribution is -0.130. The van der Waals surface area contributed by atoms with Crippen LogP contribution in [0.3, 0.4) is 0 Å². The molecule has 4 heterocycles. The molecule has 2 aliphatic heterocycles. The van der Waals surface area contributed by atoms with Crippen LogP contribution >= 0.6 is 0 Å². The Morgan fingerprint density at radius 2 is 1.69 bits per heavy atom. The Labute approximate surface area is 298 Å². The lowest BCUT2D eigenvalue weighted by Crippen LogP contribution is -2.55. The van der Waals surface area contributed by atoms with Gasteiger partial charge in [0, 0.05) is 19.0 Å². The number of amides is 4. The lowest BCUT2D eigenvalue weighted by atomic mass is 10.00. The normalized spacial score (nSPS) is 20.6. The molecule has 13 nitrogen and oxygen atoms in total. The molecule has 2 aliphatic rings. The third kappa shape index (κ3) is 10.3. The minimum atomic E-state index is -1.01. The van der Waals surface area contributed by atoms with E-state index in [-0.39, 0.29) is 43.9 Å². The zero-order chi connectivity index (χ0) is 36.5. The number of benzene rings is 2. The molecule has 0 fully saturated rings. The van der Waals surface area contributed by atoms with E-state index in [1.165, 1.54) is 4.68 Å². The Morgan fingerprint density at radius 1 is 0.941 bits per heavy atom. The van der Waals surface area contributed by atoms with Crippen molar-refractivity contribution in [3.8, 4) is 5.75 Å². The summed E-state index contributed by atoms with van der Waals surface area (Å²) in [6.07, 6.45) is 2.67. The number of nitrogens with zero attached hydrogens (tertiary/aromatic N) is 3. The molecule has 270 valence electrons. The van der Waals surface area contributed by atoms with Gasteiger partial charge in [0.05, 0.1) is 12.1 Å². The minimum absolute atomic E-state index is 0.106. The maximum atomic E-state index is 14.2. The molecule has 51 heavy (non-hydrogen) atoms. The average molecular weight is 697 g/mol. The van der Waals surface area contributed by atoms with Crippen molar-refractivity contribution in [2.24, 2.45) is 11.8 Å². The second kappa shape index (κ2) is 17.0. The standard InChI is InChI=1S/C38H48N8O5/c1-23(2)18-28-22-51-29-15-13-27(14-16-29)20-31(42-36(48)30-12-9-17-39-30)37(49)43-32(19-26-10-7-6-8-11-26)38(50)44-34(24(3)4)35-40-25(5)45-46(35)21-33(47)41-28/h6-17,23-24,28,31-32,34,39H,18-22H2,1-5H3,(H,41,47)(H,42,48)(H,43,49)(H,44,50)/t28-,31+,32-,34-/m0/s1. The second-order valence-electron chi connectivity index (χ2n) is 13.8. The average Bonchev–Trinajstić information content (AvgIpc) is 3.76. The molecule has 2 aromatic carbocycles. The third-order valence-electron chi connectivity index (χ3n) is 8.66. The summed E-state index contributed by atoms with van der Waals surface area (Å²) in [6, 6.07) is 17.0. The molecule has 0 aliphatic carbocycles. The van der Waals surface area contributed by atoms with Crippen LogP contribution in [0.15, 0.2) is 72.9 Å². The smallest absolute Gasteiger partial charge is 0.268 e. The fourth-order valence-electron chi connectivity index (χ4n) is 6.15.